The number of rotatable bonds is 5. The molecule has 1 saturated carbocycles. The maximum absolute atomic E-state index is 12.5. The van der Waals surface area contributed by atoms with E-state index in [1.165, 1.54) is 4.90 Å². The molecule has 1 fully saturated rings. The largest absolute Gasteiger partial charge is 0.480 e. The zero-order valence-corrected chi connectivity index (χ0v) is 12.0. The third-order valence-electron chi connectivity index (χ3n) is 3.22. The Morgan fingerprint density at radius 3 is 2.60 bits per heavy atom. The smallest absolute Gasteiger partial charge is 0.325 e. The van der Waals surface area contributed by atoms with E-state index >= 15 is 0 Å². The highest BCUT2D eigenvalue weighted by molar-refractivity contribution is 6.30. The predicted octanol–water partition coefficient (Wildman–Crippen LogP) is 2.84. The Bertz CT molecular complexity index is 517. The van der Waals surface area contributed by atoms with Gasteiger partial charge in [0, 0.05) is 23.3 Å². The van der Waals surface area contributed by atoms with Crippen LogP contribution in [0.3, 0.4) is 0 Å². The van der Waals surface area contributed by atoms with Crippen LogP contribution in [0.15, 0.2) is 24.3 Å². The van der Waals surface area contributed by atoms with E-state index in [-0.39, 0.29) is 18.6 Å². The molecular weight excluding hydrogens is 280 g/mol. The van der Waals surface area contributed by atoms with Crippen molar-refractivity contribution in [2.24, 2.45) is 0 Å². The number of carboxylic acid groups (broad SMARTS) is 1. The van der Waals surface area contributed by atoms with Crippen LogP contribution < -0.4 is 4.90 Å². The highest BCUT2D eigenvalue weighted by Crippen LogP contribution is 2.29. The molecule has 1 aliphatic carbocycles. The molecule has 2 rings (SSSR count). The number of hydrogen-bond acceptors (Lipinski definition) is 2. The molecule has 0 aliphatic heterocycles. The van der Waals surface area contributed by atoms with Crippen LogP contribution in [0, 0.1) is 0 Å². The fraction of sp³-hybridized carbons (Fsp3) is 0.429. The minimum Gasteiger partial charge on any atom is -0.480 e. The average molecular weight is 297 g/mol. The number of benzene rings is 1. The van der Waals surface area contributed by atoms with Crippen LogP contribution in [0.1, 0.15) is 19.8 Å². The molecule has 1 aromatic carbocycles. The first-order chi connectivity index (χ1) is 9.52. The molecule has 108 valence electrons. The number of amides is 2. The molecular formula is C14H17ClN2O3. The Kier molecular flexibility index (Phi) is 4.49. The summed E-state index contributed by atoms with van der Waals surface area (Å²) in [6, 6.07) is 6.64. The van der Waals surface area contributed by atoms with Crippen LogP contribution in [0.2, 0.25) is 5.02 Å². The van der Waals surface area contributed by atoms with Crippen molar-refractivity contribution in [2.75, 3.05) is 18.0 Å². The van der Waals surface area contributed by atoms with Gasteiger partial charge >= 0.3 is 12.0 Å². The molecule has 0 saturated heterocycles. The summed E-state index contributed by atoms with van der Waals surface area (Å²) in [5.74, 6) is -1.05. The topological polar surface area (TPSA) is 60.9 Å². The van der Waals surface area contributed by atoms with Crippen molar-refractivity contribution in [3.8, 4) is 0 Å². The lowest BCUT2D eigenvalue weighted by Gasteiger charge is -2.29. The predicted molar refractivity (Wildman–Crippen MR) is 77.2 cm³/mol. The van der Waals surface area contributed by atoms with Crippen LogP contribution in [-0.4, -0.2) is 41.1 Å². The van der Waals surface area contributed by atoms with Crippen molar-refractivity contribution in [3.63, 3.8) is 0 Å². The molecule has 2 amide bonds. The molecule has 0 aromatic heterocycles. The van der Waals surface area contributed by atoms with Crippen molar-refractivity contribution >= 4 is 29.3 Å². The Hall–Kier alpha value is -1.75. The fourth-order valence-electron chi connectivity index (χ4n) is 2.14. The minimum absolute atomic E-state index is 0.239. The van der Waals surface area contributed by atoms with Crippen molar-refractivity contribution in [1.29, 1.82) is 0 Å². The lowest BCUT2D eigenvalue weighted by Crippen LogP contribution is -2.46. The normalized spacial score (nSPS) is 13.9. The van der Waals surface area contributed by atoms with Gasteiger partial charge < -0.3 is 10.0 Å². The second-order valence-corrected chi connectivity index (χ2v) is 5.20. The number of halogens is 1. The van der Waals surface area contributed by atoms with Crippen LogP contribution in [-0.2, 0) is 4.79 Å². The third kappa shape index (κ3) is 3.42. The molecule has 0 spiro atoms. The summed E-state index contributed by atoms with van der Waals surface area (Å²) >= 11 is 5.92. The van der Waals surface area contributed by atoms with Crippen molar-refractivity contribution in [3.05, 3.63) is 29.3 Å². The summed E-state index contributed by atoms with van der Waals surface area (Å²) in [5.41, 5.74) is 0.504. The average Bonchev–Trinajstić information content (AvgIpc) is 3.21. The SMILES string of the molecule is CCN(C(=O)N(CC(=O)O)c1cccc(Cl)c1)C1CC1. The van der Waals surface area contributed by atoms with Gasteiger partial charge in [-0.05, 0) is 38.0 Å². The number of urea groups is 1. The van der Waals surface area contributed by atoms with Gasteiger partial charge in [-0.15, -0.1) is 0 Å². The second-order valence-electron chi connectivity index (χ2n) is 4.76. The summed E-state index contributed by atoms with van der Waals surface area (Å²) < 4.78 is 0. The number of carbonyl (C=O) groups is 2. The van der Waals surface area contributed by atoms with E-state index in [1.54, 1.807) is 29.2 Å². The number of hydrogen-bond donors (Lipinski definition) is 1. The molecule has 6 heteroatoms. The van der Waals surface area contributed by atoms with E-state index in [4.69, 9.17) is 16.7 Å². The Morgan fingerprint density at radius 2 is 2.10 bits per heavy atom. The molecule has 0 atom stereocenters. The van der Waals surface area contributed by atoms with E-state index in [0.29, 0.717) is 17.3 Å². The summed E-state index contributed by atoms with van der Waals surface area (Å²) in [7, 11) is 0. The number of carbonyl (C=O) groups excluding carboxylic acids is 1. The van der Waals surface area contributed by atoms with Gasteiger partial charge in [-0.25, -0.2) is 4.79 Å². The van der Waals surface area contributed by atoms with Crippen LogP contribution >= 0.6 is 11.6 Å². The number of carboxylic acids is 1. The summed E-state index contributed by atoms with van der Waals surface area (Å²) in [6.45, 7) is 2.09. The molecule has 0 unspecified atom stereocenters. The lowest BCUT2D eigenvalue weighted by atomic mass is 10.3. The maximum atomic E-state index is 12.5. The highest BCUT2D eigenvalue weighted by Gasteiger charge is 2.34. The number of anilines is 1. The third-order valence-corrected chi connectivity index (χ3v) is 3.45. The highest BCUT2D eigenvalue weighted by atomic mass is 35.5. The van der Waals surface area contributed by atoms with Crippen molar-refractivity contribution < 1.29 is 14.7 Å². The summed E-state index contributed by atoms with van der Waals surface area (Å²) in [5, 5.41) is 9.50. The fourth-order valence-corrected chi connectivity index (χ4v) is 2.32. The van der Waals surface area contributed by atoms with E-state index in [0.717, 1.165) is 12.8 Å². The lowest BCUT2D eigenvalue weighted by molar-refractivity contribution is -0.135. The first kappa shape index (κ1) is 14.7. The van der Waals surface area contributed by atoms with Gasteiger partial charge in [0.2, 0.25) is 0 Å². The van der Waals surface area contributed by atoms with E-state index in [1.807, 2.05) is 6.92 Å². The maximum Gasteiger partial charge on any atom is 0.325 e. The van der Waals surface area contributed by atoms with Gasteiger partial charge in [-0.2, -0.15) is 0 Å². The van der Waals surface area contributed by atoms with Crippen LogP contribution in [0.4, 0.5) is 10.5 Å². The molecule has 1 N–H and O–H groups in total. The molecule has 0 radical (unpaired) electrons. The van der Waals surface area contributed by atoms with E-state index in [2.05, 4.69) is 0 Å². The first-order valence-corrected chi connectivity index (χ1v) is 6.96. The molecule has 1 aliphatic rings. The van der Waals surface area contributed by atoms with Crippen LogP contribution in [0.5, 0.6) is 0 Å². The minimum atomic E-state index is -1.05. The second kappa shape index (κ2) is 6.13. The first-order valence-electron chi connectivity index (χ1n) is 6.58. The Labute approximate surface area is 122 Å². The van der Waals surface area contributed by atoms with Gasteiger partial charge in [0.15, 0.2) is 0 Å². The van der Waals surface area contributed by atoms with Gasteiger partial charge in [-0.1, -0.05) is 17.7 Å². The van der Waals surface area contributed by atoms with Gasteiger partial charge in [0.05, 0.1) is 0 Å². The summed E-state index contributed by atoms with van der Waals surface area (Å²) in [4.78, 5) is 26.5. The van der Waals surface area contributed by atoms with Gasteiger partial charge in [0.25, 0.3) is 0 Å². The monoisotopic (exact) mass is 296 g/mol. The Balaban J connectivity index is 2.26. The zero-order chi connectivity index (χ0) is 14.7. The molecule has 5 nitrogen and oxygen atoms in total. The van der Waals surface area contributed by atoms with Crippen LogP contribution in [0.25, 0.3) is 0 Å². The molecule has 20 heavy (non-hydrogen) atoms. The molecule has 1 aromatic rings. The number of aliphatic carboxylic acids is 1. The Morgan fingerprint density at radius 1 is 1.40 bits per heavy atom. The van der Waals surface area contributed by atoms with Crippen molar-refractivity contribution in [2.45, 2.75) is 25.8 Å². The van der Waals surface area contributed by atoms with E-state index < -0.39 is 5.97 Å². The number of nitrogens with zero attached hydrogens (tertiary/aromatic N) is 2. The van der Waals surface area contributed by atoms with Crippen molar-refractivity contribution in [1.82, 2.24) is 4.90 Å². The molecule has 0 bridgehead atoms. The van der Waals surface area contributed by atoms with Gasteiger partial charge in [0.1, 0.15) is 6.54 Å². The quantitative estimate of drug-likeness (QED) is 0.909. The molecule has 0 heterocycles. The summed E-state index contributed by atoms with van der Waals surface area (Å²) in [6.07, 6.45) is 1.96. The zero-order valence-electron chi connectivity index (χ0n) is 11.3. The van der Waals surface area contributed by atoms with E-state index in [9.17, 15) is 9.59 Å². The standard InChI is InChI=1S/C14H17ClN2O3/c1-2-16(11-6-7-11)14(20)17(9-13(18)19)12-5-3-4-10(15)8-12/h3-5,8,11H,2,6-7,9H2,1H3,(H,18,19). The van der Waals surface area contributed by atoms with Gasteiger partial charge in [-0.3, -0.25) is 9.69 Å².